The van der Waals surface area contributed by atoms with E-state index in [4.69, 9.17) is 9.47 Å². The number of non-ortho nitro benzene ring substituents is 1. The van der Waals surface area contributed by atoms with Gasteiger partial charge in [0.1, 0.15) is 11.5 Å². The Kier molecular flexibility index (Phi) is 4.73. The molecule has 6 nitrogen and oxygen atoms in total. The highest BCUT2D eigenvalue weighted by Gasteiger charge is 2.11. The molecule has 0 bridgehead atoms. The van der Waals surface area contributed by atoms with Crippen molar-refractivity contribution < 1.29 is 19.2 Å². The minimum atomic E-state index is -0.624. The van der Waals surface area contributed by atoms with Crippen LogP contribution in [0.2, 0.25) is 0 Å². The first-order valence-electron chi connectivity index (χ1n) is 6.61. The van der Waals surface area contributed by atoms with E-state index in [9.17, 15) is 14.9 Å². The number of carbonyl (C=O) groups excluding carboxylic acids is 1. The van der Waals surface area contributed by atoms with Crippen molar-refractivity contribution in [3.63, 3.8) is 0 Å². The van der Waals surface area contributed by atoms with Crippen LogP contribution in [0.4, 0.5) is 5.69 Å². The molecular formula is C16H15NO5. The quantitative estimate of drug-likeness (QED) is 0.367. The van der Waals surface area contributed by atoms with E-state index in [0.29, 0.717) is 5.75 Å². The van der Waals surface area contributed by atoms with Crippen LogP contribution in [0.25, 0.3) is 0 Å². The van der Waals surface area contributed by atoms with Crippen molar-refractivity contribution in [2.24, 2.45) is 0 Å². The molecule has 2 aromatic carbocycles. The van der Waals surface area contributed by atoms with Crippen molar-refractivity contribution in [3.8, 4) is 11.5 Å². The predicted molar refractivity (Wildman–Crippen MR) is 80.1 cm³/mol. The van der Waals surface area contributed by atoms with Gasteiger partial charge in [0.2, 0.25) is 0 Å². The predicted octanol–water partition coefficient (Wildman–Crippen LogP) is 3.20. The topological polar surface area (TPSA) is 78.7 Å². The number of benzene rings is 2. The number of rotatable bonds is 5. The Bertz CT molecular complexity index is 711. The molecule has 2 aromatic rings. The molecule has 0 N–H and O–H groups in total. The number of nitrogens with zero attached hydrogens (tertiary/aromatic N) is 1. The minimum Gasteiger partial charge on any atom is -0.482 e. The fourth-order valence-electron chi connectivity index (χ4n) is 1.82. The Balaban J connectivity index is 1.97. The summed E-state index contributed by atoms with van der Waals surface area (Å²) in [5.74, 6) is 0.0983. The average Bonchev–Trinajstić information content (AvgIpc) is 2.48. The monoisotopic (exact) mass is 301 g/mol. The van der Waals surface area contributed by atoms with Crippen molar-refractivity contribution in [1.29, 1.82) is 0 Å². The van der Waals surface area contributed by atoms with E-state index >= 15 is 0 Å². The number of nitro benzene ring substituents is 1. The Labute approximate surface area is 127 Å². The number of hydrogen-bond acceptors (Lipinski definition) is 5. The fraction of sp³-hybridized carbons (Fsp3) is 0.188. The van der Waals surface area contributed by atoms with Gasteiger partial charge in [-0.05, 0) is 37.1 Å². The summed E-state index contributed by atoms with van der Waals surface area (Å²) in [6.07, 6.45) is 0. The Morgan fingerprint density at radius 3 is 2.68 bits per heavy atom. The van der Waals surface area contributed by atoms with Gasteiger partial charge in [0.25, 0.3) is 5.69 Å². The normalized spacial score (nSPS) is 10.1. The van der Waals surface area contributed by atoms with Gasteiger partial charge in [-0.25, -0.2) is 4.79 Å². The summed E-state index contributed by atoms with van der Waals surface area (Å²) in [7, 11) is 0. The van der Waals surface area contributed by atoms with E-state index in [-0.39, 0.29) is 18.0 Å². The van der Waals surface area contributed by atoms with Crippen LogP contribution < -0.4 is 9.47 Å². The summed E-state index contributed by atoms with van der Waals surface area (Å²) in [4.78, 5) is 21.9. The number of aryl methyl sites for hydroxylation is 2. The standard InChI is InChI=1S/C16H15NO5/c1-11-6-7-12(2)15(8-11)21-10-16(18)22-14-5-3-4-13(9-14)17(19)20/h3-9H,10H2,1-2H3. The first kappa shape index (κ1) is 15.5. The summed E-state index contributed by atoms with van der Waals surface area (Å²) >= 11 is 0. The molecule has 0 saturated heterocycles. The first-order chi connectivity index (χ1) is 10.5. The molecule has 0 saturated carbocycles. The van der Waals surface area contributed by atoms with E-state index in [1.807, 2.05) is 32.0 Å². The molecule has 0 aliphatic carbocycles. The molecule has 0 radical (unpaired) electrons. The van der Waals surface area contributed by atoms with Gasteiger partial charge in [-0.15, -0.1) is 0 Å². The third kappa shape index (κ3) is 4.05. The maximum absolute atomic E-state index is 11.7. The lowest BCUT2D eigenvalue weighted by atomic mass is 10.1. The maximum Gasteiger partial charge on any atom is 0.349 e. The number of nitro groups is 1. The van der Waals surface area contributed by atoms with Gasteiger partial charge >= 0.3 is 5.97 Å². The van der Waals surface area contributed by atoms with E-state index < -0.39 is 10.9 Å². The van der Waals surface area contributed by atoms with Crippen LogP contribution in [0, 0.1) is 24.0 Å². The Morgan fingerprint density at radius 1 is 1.18 bits per heavy atom. The molecule has 0 aromatic heterocycles. The number of esters is 1. The van der Waals surface area contributed by atoms with Crippen molar-refractivity contribution in [3.05, 3.63) is 63.7 Å². The maximum atomic E-state index is 11.7. The van der Waals surface area contributed by atoms with Gasteiger partial charge in [0.05, 0.1) is 11.0 Å². The van der Waals surface area contributed by atoms with Gasteiger partial charge in [0.15, 0.2) is 6.61 Å². The van der Waals surface area contributed by atoms with Crippen molar-refractivity contribution in [2.45, 2.75) is 13.8 Å². The lowest BCUT2D eigenvalue weighted by Crippen LogP contribution is -2.18. The summed E-state index contributed by atoms with van der Waals surface area (Å²) < 4.78 is 10.4. The molecule has 0 aliphatic rings. The van der Waals surface area contributed by atoms with E-state index in [1.54, 1.807) is 0 Å². The molecule has 0 fully saturated rings. The fourth-order valence-corrected chi connectivity index (χ4v) is 1.82. The van der Waals surface area contributed by atoms with Crippen LogP contribution in [0.15, 0.2) is 42.5 Å². The van der Waals surface area contributed by atoms with E-state index in [0.717, 1.165) is 11.1 Å². The Morgan fingerprint density at radius 2 is 1.95 bits per heavy atom. The first-order valence-corrected chi connectivity index (χ1v) is 6.61. The van der Waals surface area contributed by atoms with Gasteiger partial charge in [0, 0.05) is 6.07 Å². The molecule has 2 rings (SSSR count). The molecule has 6 heteroatoms. The van der Waals surface area contributed by atoms with Crippen LogP contribution in [0.5, 0.6) is 11.5 Å². The van der Waals surface area contributed by atoms with Gasteiger partial charge in [-0.2, -0.15) is 0 Å². The second-order valence-corrected chi connectivity index (χ2v) is 4.79. The van der Waals surface area contributed by atoms with Gasteiger partial charge in [-0.3, -0.25) is 10.1 Å². The van der Waals surface area contributed by atoms with E-state index in [1.165, 1.54) is 24.3 Å². The molecule has 0 spiro atoms. The van der Waals surface area contributed by atoms with Crippen LogP contribution in [-0.2, 0) is 4.79 Å². The lowest BCUT2D eigenvalue weighted by molar-refractivity contribution is -0.384. The number of ether oxygens (including phenoxy) is 2. The zero-order valence-corrected chi connectivity index (χ0v) is 12.2. The van der Waals surface area contributed by atoms with Crippen LogP contribution in [-0.4, -0.2) is 17.5 Å². The molecule has 0 aliphatic heterocycles. The van der Waals surface area contributed by atoms with Crippen LogP contribution >= 0.6 is 0 Å². The zero-order valence-electron chi connectivity index (χ0n) is 12.2. The highest BCUT2D eigenvalue weighted by atomic mass is 16.6. The number of hydrogen-bond donors (Lipinski definition) is 0. The number of carbonyl (C=O) groups is 1. The molecular weight excluding hydrogens is 286 g/mol. The summed E-state index contributed by atoms with van der Waals surface area (Å²) in [6, 6.07) is 11.1. The van der Waals surface area contributed by atoms with E-state index in [2.05, 4.69) is 0 Å². The smallest absolute Gasteiger partial charge is 0.349 e. The zero-order chi connectivity index (χ0) is 16.1. The average molecular weight is 301 g/mol. The van der Waals surface area contributed by atoms with Crippen molar-refractivity contribution >= 4 is 11.7 Å². The molecule has 22 heavy (non-hydrogen) atoms. The second-order valence-electron chi connectivity index (χ2n) is 4.79. The highest BCUT2D eigenvalue weighted by molar-refractivity contribution is 5.74. The summed E-state index contributed by atoms with van der Waals surface area (Å²) in [6.45, 7) is 3.53. The Hall–Kier alpha value is -2.89. The molecule has 0 unspecified atom stereocenters. The molecule has 0 amide bonds. The summed E-state index contributed by atoms with van der Waals surface area (Å²) in [5, 5.41) is 10.7. The van der Waals surface area contributed by atoms with Gasteiger partial charge in [-0.1, -0.05) is 18.2 Å². The second kappa shape index (κ2) is 6.71. The van der Waals surface area contributed by atoms with Crippen molar-refractivity contribution in [1.82, 2.24) is 0 Å². The summed E-state index contributed by atoms with van der Waals surface area (Å²) in [5.41, 5.74) is 1.79. The minimum absolute atomic E-state index is 0.115. The highest BCUT2D eigenvalue weighted by Crippen LogP contribution is 2.21. The third-order valence-electron chi connectivity index (χ3n) is 2.95. The van der Waals surface area contributed by atoms with Crippen LogP contribution in [0.3, 0.4) is 0 Å². The van der Waals surface area contributed by atoms with Crippen LogP contribution in [0.1, 0.15) is 11.1 Å². The van der Waals surface area contributed by atoms with Crippen molar-refractivity contribution in [2.75, 3.05) is 6.61 Å². The molecule has 114 valence electrons. The lowest BCUT2D eigenvalue weighted by Gasteiger charge is -2.09. The largest absolute Gasteiger partial charge is 0.482 e. The molecule has 0 atom stereocenters. The van der Waals surface area contributed by atoms with Gasteiger partial charge < -0.3 is 9.47 Å². The SMILES string of the molecule is Cc1ccc(C)c(OCC(=O)Oc2cccc([N+](=O)[O-])c2)c1. The third-order valence-corrected chi connectivity index (χ3v) is 2.95. The molecule has 0 heterocycles.